The van der Waals surface area contributed by atoms with E-state index < -0.39 is 5.97 Å². The van der Waals surface area contributed by atoms with E-state index >= 15 is 0 Å². The summed E-state index contributed by atoms with van der Waals surface area (Å²) < 4.78 is 10.2. The van der Waals surface area contributed by atoms with Crippen molar-refractivity contribution in [3.63, 3.8) is 0 Å². The van der Waals surface area contributed by atoms with Gasteiger partial charge in [0.1, 0.15) is 0 Å². The molecule has 2 aliphatic rings. The SMILES string of the molecule is COC(=O)c1ccc(NC(=O)N[C@H]2COC[C@@H]2N2CCCC2)c(Cl)c1. The number of ether oxygens (including phenoxy) is 2. The number of likely N-dealkylation sites (tertiary alicyclic amines) is 1. The predicted molar refractivity (Wildman–Crippen MR) is 94.1 cm³/mol. The molecule has 2 N–H and O–H groups in total. The number of nitrogens with zero attached hydrogens (tertiary/aromatic N) is 1. The molecule has 2 heterocycles. The van der Waals surface area contributed by atoms with Crippen LogP contribution in [-0.4, -0.2) is 62.4 Å². The molecule has 7 nitrogen and oxygen atoms in total. The minimum Gasteiger partial charge on any atom is -0.465 e. The van der Waals surface area contributed by atoms with Crippen LogP contribution in [0.3, 0.4) is 0 Å². The number of carbonyl (C=O) groups is 2. The van der Waals surface area contributed by atoms with Gasteiger partial charge in [0.05, 0.1) is 48.7 Å². The van der Waals surface area contributed by atoms with Gasteiger partial charge in [-0.3, -0.25) is 4.90 Å². The molecular formula is C17H22ClN3O4. The van der Waals surface area contributed by atoms with Crippen LogP contribution in [0.25, 0.3) is 0 Å². The number of urea groups is 1. The molecule has 25 heavy (non-hydrogen) atoms. The van der Waals surface area contributed by atoms with E-state index in [1.54, 1.807) is 12.1 Å². The average Bonchev–Trinajstić information content (AvgIpc) is 3.27. The third-order valence-corrected chi connectivity index (χ3v) is 4.93. The summed E-state index contributed by atoms with van der Waals surface area (Å²) in [5, 5.41) is 5.96. The summed E-state index contributed by atoms with van der Waals surface area (Å²) in [4.78, 5) is 26.2. The van der Waals surface area contributed by atoms with Gasteiger partial charge in [-0.25, -0.2) is 9.59 Å². The van der Waals surface area contributed by atoms with Gasteiger partial charge in [0.2, 0.25) is 0 Å². The van der Waals surface area contributed by atoms with Gasteiger partial charge in [-0.1, -0.05) is 11.6 Å². The lowest BCUT2D eigenvalue weighted by atomic mass is 10.1. The summed E-state index contributed by atoms with van der Waals surface area (Å²) in [7, 11) is 1.30. The molecule has 2 saturated heterocycles. The van der Waals surface area contributed by atoms with E-state index in [1.165, 1.54) is 26.0 Å². The Kier molecular flexibility index (Phi) is 5.78. The van der Waals surface area contributed by atoms with E-state index in [2.05, 4.69) is 20.3 Å². The summed E-state index contributed by atoms with van der Waals surface area (Å²) >= 11 is 6.14. The first-order valence-electron chi connectivity index (χ1n) is 8.35. The van der Waals surface area contributed by atoms with Crippen LogP contribution in [0.5, 0.6) is 0 Å². The van der Waals surface area contributed by atoms with Gasteiger partial charge in [0, 0.05) is 0 Å². The fourth-order valence-corrected chi connectivity index (χ4v) is 3.53. The number of methoxy groups -OCH3 is 1. The van der Waals surface area contributed by atoms with Crippen molar-refractivity contribution < 1.29 is 19.1 Å². The average molecular weight is 368 g/mol. The lowest BCUT2D eigenvalue weighted by molar-refractivity contribution is 0.0600. The first-order chi connectivity index (χ1) is 12.1. The van der Waals surface area contributed by atoms with Crippen molar-refractivity contribution in [2.24, 2.45) is 0 Å². The number of hydrogen-bond acceptors (Lipinski definition) is 5. The highest BCUT2D eigenvalue weighted by Crippen LogP contribution is 2.24. The van der Waals surface area contributed by atoms with Crippen LogP contribution in [0, 0.1) is 0 Å². The lowest BCUT2D eigenvalue weighted by Crippen LogP contribution is -2.51. The number of nitrogens with one attached hydrogen (secondary N) is 2. The first kappa shape index (κ1) is 18.0. The molecule has 136 valence electrons. The summed E-state index contributed by atoms with van der Waals surface area (Å²) in [6.45, 7) is 3.24. The summed E-state index contributed by atoms with van der Waals surface area (Å²) in [6, 6.07) is 4.43. The molecule has 0 aliphatic carbocycles. The van der Waals surface area contributed by atoms with E-state index in [9.17, 15) is 9.59 Å². The third kappa shape index (κ3) is 4.23. The predicted octanol–water partition coefficient (Wildman–Crippen LogP) is 2.11. The zero-order valence-electron chi connectivity index (χ0n) is 14.1. The Morgan fingerprint density at radius 3 is 2.72 bits per heavy atom. The molecule has 0 bridgehead atoms. The second-order valence-electron chi connectivity index (χ2n) is 6.24. The molecule has 8 heteroatoms. The van der Waals surface area contributed by atoms with Crippen LogP contribution in [0.2, 0.25) is 5.02 Å². The Morgan fingerprint density at radius 2 is 2.04 bits per heavy atom. The molecule has 0 aromatic heterocycles. The van der Waals surface area contributed by atoms with E-state index in [4.69, 9.17) is 16.3 Å². The number of rotatable bonds is 4. The Labute approximate surface area is 151 Å². The standard InChI is InChI=1S/C17H22ClN3O4/c1-24-16(22)11-4-5-13(12(18)8-11)19-17(23)20-14-9-25-10-15(14)21-6-2-3-7-21/h4-5,8,14-15H,2-3,6-7,9-10H2,1H3,(H2,19,20,23)/t14-,15-/m0/s1. The van der Waals surface area contributed by atoms with E-state index in [-0.39, 0.29) is 23.1 Å². The molecule has 2 fully saturated rings. The lowest BCUT2D eigenvalue weighted by Gasteiger charge is -2.28. The van der Waals surface area contributed by atoms with Gasteiger partial charge in [-0.15, -0.1) is 0 Å². The zero-order valence-corrected chi connectivity index (χ0v) is 14.8. The largest absolute Gasteiger partial charge is 0.465 e. The Bertz CT molecular complexity index is 649. The van der Waals surface area contributed by atoms with Crippen molar-refractivity contribution in [3.05, 3.63) is 28.8 Å². The topological polar surface area (TPSA) is 79.9 Å². The van der Waals surface area contributed by atoms with Crippen LogP contribution in [0.4, 0.5) is 10.5 Å². The monoisotopic (exact) mass is 367 g/mol. The molecule has 2 atom stereocenters. The van der Waals surface area contributed by atoms with E-state index in [1.807, 2.05) is 0 Å². The van der Waals surface area contributed by atoms with Crippen molar-refractivity contribution in [2.75, 3.05) is 38.7 Å². The minimum absolute atomic E-state index is 0.0498. The van der Waals surface area contributed by atoms with Gasteiger partial charge in [0.15, 0.2) is 0 Å². The fraction of sp³-hybridized carbons (Fsp3) is 0.529. The smallest absolute Gasteiger partial charge is 0.337 e. The Hall–Kier alpha value is -1.83. The highest BCUT2D eigenvalue weighted by molar-refractivity contribution is 6.34. The maximum atomic E-state index is 12.3. The fourth-order valence-electron chi connectivity index (χ4n) is 3.30. The second kappa shape index (κ2) is 8.03. The maximum Gasteiger partial charge on any atom is 0.337 e. The summed E-state index contributed by atoms with van der Waals surface area (Å²) in [5.41, 5.74) is 0.764. The van der Waals surface area contributed by atoms with E-state index in [0.717, 1.165) is 13.1 Å². The van der Waals surface area contributed by atoms with Crippen LogP contribution in [0.15, 0.2) is 18.2 Å². The van der Waals surface area contributed by atoms with Gasteiger partial charge < -0.3 is 20.1 Å². The van der Waals surface area contributed by atoms with Crippen molar-refractivity contribution >= 4 is 29.3 Å². The molecule has 2 aliphatic heterocycles. The van der Waals surface area contributed by atoms with Crippen molar-refractivity contribution in [3.8, 4) is 0 Å². The Balaban J connectivity index is 1.59. The molecular weight excluding hydrogens is 346 g/mol. The molecule has 3 rings (SSSR count). The second-order valence-corrected chi connectivity index (χ2v) is 6.65. The Morgan fingerprint density at radius 1 is 1.28 bits per heavy atom. The molecule has 0 spiro atoms. The summed E-state index contributed by atoms with van der Waals surface area (Å²) in [6.07, 6.45) is 2.38. The highest BCUT2D eigenvalue weighted by atomic mass is 35.5. The van der Waals surface area contributed by atoms with Crippen LogP contribution in [-0.2, 0) is 9.47 Å². The molecule has 2 amide bonds. The van der Waals surface area contributed by atoms with Gasteiger partial charge in [-0.2, -0.15) is 0 Å². The van der Waals surface area contributed by atoms with Gasteiger partial charge in [-0.05, 0) is 44.1 Å². The number of esters is 1. The number of halogens is 1. The normalized spacial score (nSPS) is 23.4. The number of benzene rings is 1. The van der Waals surface area contributed by atoms with E-state index in [0.29, 0.717) is 24.5 Å². The number of anilines is 1. The summed E-state index contributed by atoms with van der Waals surface area (Å²) in [5.74, 6) is -0.477. The highest BCUT2D eigenvalue weighted by Gasteiger charge is 2.35. The van der Waals surface area contributed by atoms with Gasteiger partial charge >= 0.3 is 12.0 Å². The minimum atomic E-state index is -0.477. The van der Waals surface area contributed by atoms with Crippen molar-refractivity contribution in [1.82, 2.24) is 10.2 Å². The quantitative estimate of drug-likeness (QED) is 0.797. The van der Waals surface area contributed by atoms with Crippen LogP contribution in [0.1, 0.15) is 23.2 Å². The van der Waals surface area contributed by atoms with Crippen LogP contribution < -0.4 is 10.6 Å². The molecule has 0 unspecified atom stereocenters. The van der Waals surface area contributed by atoms with Crippen molar-refractivity contribution in [2.45, 2.75) is 24.9 Å². The number of hydrogen-bond donors (Lipinski definition) is 2. The third-order valence-electron chi connectivity index (χ3n) is 4.62. The number of amides is 2. The van der Waals surface area contributed by atoms with Crippen LogP contribution >= 0.6 is 11.6 Å². The molecule has 1 aromatic rings. The molecule has 0 radical (unpaired) electrons. The van der Waals surface area contributed by atoms with Crippen molar-refractivity contribution in [1.29, 1.82) is 0 Å². The number of carbonyl (C=O) groups excluding carboxylic acids is 2. The first-order valence-corrected chi connectivity index (χ1v) is 8.73. The van der Waals surface area contributed by atoms with Gasteiger partial charge in [0.25, 0.3) is 0 Å². The zero-order chi connectivity index (χ0) is 17.8. The molecule has 1 aromatic carbocycles. The maximum absolute atomic E-state index is 12.3. The molecule has 0 saturated carbocycles.